The number of anilines is 3. The van der Waals surface area contributed by atoms with Gasteiger partial charge in [0.05, 0.1) is 22.2 Å². The van der Waals surface area contributed by atoms with Gasteiger partial charge in [-0.25, -0.2) is 9.18 Å². The molecule has 5 nitrogen and oxygen atoms in total. The zero-order chi connectivity index (χ0) is 25.1. The van der Waals surface area contributed by atoms with Crippen molar-refractivity contribution in [1.29, 1.82) is 0 Å². The minimum Gasteiger partial charge on any atom is -0.325 e. The van der Waals surface area contributed by atoms with Crippen molar-refractivity contribution in [3.63, 3.8) is 0 Å². The first-order chi connectivity index (χ1) is 17.5. The molecule has 1 aliphatic carbocycles. The maximum absolute atomic E-state index is 13.5. The van der Waals surface area contributed by atoms with Crippen LogP contribution < -0.4 is 15.5 Å². The van der Waals surface area contributed by atoms with Gasteiger partial charge in [0.25, 0.3) is 0 Å². The highest BCUT2D eigenvalue weighted by Crippen LogP contribution is 2.43. The Bertz CT molecular complexity index is 1340. The number of carbonyl (C=O) groups is 2. The van der Waals surface area contributed by atoms with Crippen LogP contribution in [0.2, 0.25) is 0 Å². The third-order valence-electron chi connectivity index (χ3n) is 5.84. The van der Waals surface area contributed by atoms with E-state index in [1.54, 1.807) is 18.7 Å². The lowest BCUT2D eigenvalue weighted by Gasteiger charge is -2.40. The van der Waals surface area contributed by atoms with Gasteiger partial charge in [0.15, 0.2) is 0 Å². The van der Waals surface area contributed by atoms with Crippen LogP contribution in [0.15, 0.2) is 107 Å². The van der Waals surface area contributed by atoms with Gasteiger partial charge in [-0.3, -0.25) is 9.69 Å². The van der Waals surface area contributed by atoms with Gasteiger partial charge in [-0.05, 0) is 61.5 Å². The van der Waals surface area contributed by atoms with Gasteiger partial charge in [-0.1, -0.05) is 42.5 Å². The van der Waals surface area contributed by atoms with E-state index in [4.69, 9.17) is 0 Å². The molecule has 5 rings (SSSR count). The number of halogens is 1. The molecule has 36 heavy (non-hydrogen) atoms. The van der Waals surface area contributed by atoms with E-state index in [-0.39, 0.29) is 29.0 Å². The monoisotopic (exact) mass is 517 g/mol. The van der Waals surface area contributed by atoms with Crippen molar-refractivity contribution in [2.24, 2.45) is 0 Å². The van der Waals surface area contributed by atoms with Gasteiger partial charge in [0.2, 0.25) is 5.91 Å². The van der Waals surface area contributed by atoms with Crippen LogP contribution in [0.4, 0.5) is 26.2 Å². The van der Waals surface area contributed by atoms with Crippen LogP contribution in [0.25, 0.3) is 0 Å². The van der Waals surface area contributed by atoms with E-state index >= 15 is 0 Å². The van der Waals surface area contributed by atoms with Crippen molar-refractivity contribution >= 4 is 52.5 Å². The molecule has 0 bridgehead atoms. The molecule has 0 fully saturated rings. The van der Waals surface area contributed by atoms with Crippen molar-refractivity contribution in [3.8, 4) is 0 Å². The van der Waals surface area contributed by atoms with Crippen LogP contribution in [0.3, 0.4) is 0 Å². The fourth-order valence-corrected chi connectivity index (χ4v) is 6.28. The van der Waals surface area contributed by atoms with Gasteiger partial charge in [0, 0.05) is 21.2 Å². The standard InChI is InChI=1S/C28H24FN3O2S2/c1-18(27(33)30-20-15-13-19(29)14-16-20)35-22-8-6-7-21(17-22)31-28(34)32-23-9-2-4-11-25(23)36-26-12-5-3-10-24(26)32/h2-18,23,25H,1H3,(H,30,33)(H,31,34). The molecule has 3 aromatic carbocycles. The smallest absolute Gasteiger partial charge is 0.325 e. The molecule has 3 amide bonds. The molecular weight excluding hydrogens is 493 g/mol. The molecule has 2 N–H and O–H groups in total. The van der Waals surface area contributed by atoms with Crippen molar-refractivity contribution in [3.05, 3.63) is 103 Å². The van der Waals surface area contributed by atoms with E-state index < -0.39 is 5.25 Å². The summed E-state index contributed by atoms with van der Waals surface area (Å²) in [6, 6.07) is 20.8. The number of benzene rings is 3. The van der Waals surface area contributed by atoms with Gasteiger partial charge in [-0.15, -0.1) is 23.5 Å². The first-order valence-corrected chi connectivity index (χ1v) is 13.3. The van der Waals surface area contributed by atoms with E-state index in [2.05, 4.69) is 22.8 Å². The molecular formula is C28H24FN3O2S2. The van der Waals surface area contributed by atoms with Crippen LogP contribution >= 0.6 is 23.5 Å². The number of hydrogen-bond acceptors (Lipinski definition) is 4. The summed E-state index contributed by atoms with van der Waals surface area (Å²) in [6.45, 7) is 1.81. The largest absolute Gasteiger partial charge is 0.326 e. The fraction of sp³-hybridized carbons (Fsp3) is 0.143. The third kappa shape index (κ3) is 5.34. The number of nitrogens with zero attached hydrogens (tertiary/aromatic N) is 1. The molecule has 182 valence electrons. The summed E-state index contributed by atoms with van der Waals surface area (Å²) in [5.41, 5.74) is 2.08. The van der Waals surface area contributed by atoms with Crippen LogP contribution in [0.1, 0.15) is 6.92 Å². The number of amides is 3. The molecule has 0 aromatic heterocycles. The number of carbonyl (C=O) groups excluding carboxylic acids is 2. The Morgan fingerprint density at radius 2 is 1.72 bits per heavy atom. The number of para-hydroxylation sites is 1. The van der Waals surface area contributed by atoms with Gasteiger partial charge >= 0.3 is 6.03 Å². The molecule has 0 saturated carbocycles. The summed E-state index contributed by atoms with van der Waals surface area (Å²) in [6.07, 6.45) is 8.18. The molecule has 0 radical (unpaired) electrons. The number of allylic oxidation sites excluding steroid dienone is 2. The Labute approximate surface area is 217 Å². The molecule has 2 aliphatic rings. The van der Waals surface area contributed by atoms with E-state index in [1.165, 1.54) is 36.0 Å². The van der Waals surface area contributed by atoms with E-state index in [0.29, 0.717) is 11.4 Å². The van der Waals surface area contributed by atoms with Gasteiger partial charge < -0.3 is 10.6 Å². The zero-order valence-corrected chi connectivity index (χ0v) is 21.1. The second-order valence-corrected chi connectivity index (χ2v) is 11.0. The summed E-state index contributed by atoms with van der Waals surface area (Å²) in [5, 5.41) is 5.60. The van der Waals surface area contributed by atoms with Gasteiger partial charge in [-0.2, -0.15) is 0 Å². The first kappa shape index (κ1) is 24.2. The molecule has 3 atom stereocenters. The SMILES string of the molecule is CC(Sc1cccc(NC(=O)N2c3ccccc3SC3C=CC=CC32)c1)C(=O)Nc1ccc(F)cc1. The van der Waals surface area contributed by atoms with Crippen molar-refractivity contribution in [1.82, 2.24) is 0 Å². The number of thioether (sulfide) groups is 2. The normalized spacial score (nSPS) is 18.7. The Morgan fingerprint density at radius 1 is 0.944 bits per heavy atom. The Balaban J connectivity index is 1.28. The summed E-state index contributed by atoms with van der Waals surface area (Å²) >= 11 is 3.15. The van der Waals surface area contributed by atoms with Crippen LogP contribution in [0.5, 0.6) is 0 Å². The highest BCUT2D eigenvalue weighted by atomic mass is 32.2. The predicted molar refractivity (Wildman–Crippen MR) is 146 cm³/mol. The Hall–Kier alpha value is -3.49. The minimum absolute atomic E-state index is 0.0809. The number of fused-ring (bicyclic) bond motifs is 2. The van der Waals surface area contributed by atoms with Crippen molar-refractivity contribution in [2.45, 2.75) is 33.3 Å². The topological polar surface area (TPSA) is 61.4 Å². The summed E-state index contributed by atoms with van der Waals surface area (Å²) in [7, 11) is 0. The highest BCUT2D eigenvalue weighted by Gasteiger charge is 2.36. The lowest BCUT2D eigenvalue weighted by Crippen LogP contribution is -2.49. The van der Waals surface area contributed by atoms with Gasteiger partial charge in [0.1, 0.15) is 5.82 Å². The third-order valence-corrected chi connectivity index (χ3v) is 8.24. The van der Waals surface area contributed by atoms with Crippen molar-refractivity contribution in [2.75, 3.05) is 15.5 Å². The molecule has 3 aromatic rings. The van der Waals surface area contributed by atoms with Crippen molar-refractivity contribution < 1.29 is 14.0 Å². The summed E-state index contributed by atoms with van der Waals surface area (Å²) in [4.78, 5) is 29.8. The molecule has 3 unspecified atom stereocenters. The Morgan fingerprint density at radius 3 is 2.56 bits per heavy atom. The van der Waals surface area contributed by atoms with E-state index in [0.717, 1.165) is 15.5 Å². The maximum Gasteiger partial charge on any atom is 0.326 e. The number of nitrogens with one attached hydrogen (secondary N) is 2. The second-order valence-electron chi connectivity index (χ2n) is 8.39. The fourth-order valence-electron chi connectivity index (χ4n) is 4.09. The number of urea groups is 1. The summed E-state index contributed by atoms with van der Waals surface area (Å²) < 4.78 is 13.1. The number of hydrogen-bond donors (Lipinski definition) is 2. The van der Waals surface area contributed by atoms with E-state index in [9.17, 15) is 14.0 Å². The lowest BCUT2D eigenvalue weighted by atomic mass is 10.1. The van der Waals surface area contributed by atoms with E-state index in [1.807, 2.05) is 65.6 Å². The molecule has 0 saturated heterocycles. The minimum atomic E-state index is -0.396. The molecule has 1 heterocycles. The zero-order valence-electron chi connectivity index (χ0n) is 19.4. The average molecular weight is 518 g/mol. The van der Waals surface area contributed by atoms with Crippen LogP contribution in [-0.2, 0) is 4.79 Å². The molecule has 0 spiro atoms. The van der Waals surface area contributed by atoms with Crippen LogP contribution in [-0.4, -0.2) is 28.5 Å². The molecule has 1 aliphatic heterocycles. The first-order valence-electron chi connectivity index (χ1n) is 11.5. The average Bonchev–Trinajstić information content (AvgIpc) is 2.88. The second kappa shape index (κ2) is 10.6. The lowest BCUT2D eigenvalue weighted by molar-refractivity contribution is -0.115. The Kier molecular flexibility index (Phi) is 7.16. The predicted octanol–water partition coefficient (Wildman–Crippen LogP) is 6.95. The highest BCUT2D eigenvalue weighted by molar-refractivity contribution is 8.00. The maximum atomic E-state index is 13.5. The molecule has 8 heteroatoms. The number of rotatable bonds is 5. The van der Waals surface area contributed by atoms with Crippen LogP contribution in [0, 0.1) is 5.82 Å². The quantitative estimate of drug-likeness (QED) is 0.360. The summed E-state index contributed by atoms with van der Waals surface area (Å²) in [5.74, 6) is -0.542.